The number of hydrogen-bond donors (Lipinski definition) is 2. The average Bonchev–Trinajstić information content (AvgIpc) is 3.07. The Morgan fingerprint density at radius 2 is 1.00 bits per heavy atom. The van der Waals surface area contributed by atoms with E-state index in [0.717, 1.165) is 37.2 Å². The van der Waals surface area contributed by atoms with Crippen molar-refractivity contribution < 1.29 is 10.2 Å². The third kappa shape index (κ3) is 6.01. The highest BCUT2D eigenvalue weighted by molar-refractivity contribution is 5.76. The van der Waals surface area contributed by atoms with Crippen molar-refractivity contribution >= 4 is 11.0 Å². The number of likely N-dealkylation sites (tertiary alicyclic amines) is 2. The second-order valence-electron chi connectivity index (χ2n) is 9.73. The van der Waals surface area contributed by atoms with Crippen LogP contribution < -0.4 is 5.69 Å². The lowest BCUT2D eigenvalue weighted by molar-refractivity contribution is 0.0955. The van der Waals surface area contributed by atoms with Gasteiger partial charge in [0.1, 0.15) is 0 Å². The SMILES string of the molecule is O=c1n(C[C@H](O)CN2CCCCCC2)c2ccccc2n1C[C@@H](O)CN1CCCCCC1. The van der Waals surface area contributed by atoms with Crippen LogP contribution in [0.5, 0.6) is 0 Å². The molecule has 4 rings (SSSR count). The van der Waals surface area contributed by atoms with Crippen LogP contribution >= 0.6 is 0 Å². The number of benzene rings is 1. The zero-order valence-electron chi connectivity index (χ0n) is 19.4. The Balaban J connectivity index is 1.46. The van der Waals surface area contributed by atoms with Crippen molar-refractivity contribution in [1.29, 1.82) is 0 Å². The van der Waals surface area contributed by atoms with Crippen LogP contribution in [-0.2, 0) is 13.1 Å². The Hall–Kier alpha value is -1.67. The highest BCUT2D eigenvalue weighted by atomic mass is 16.3. The summed E-state index contributed by atoms with van der Waals surface area (Å²) in [5, 5.41) is 21.6. The number of rotatable bonds is 8. The first kappa shape index (κ1) is 23.5. The summed E-state index contributed by atoms with van der Waals surface area (Å²) in [6.07, 6.45) is 8.60. The number of imidazole rings is 1. The van der Waals surface area contributed by atoms with E-state index < -0.39 is 12.2 Å². The van der Waals surface area contributed by atoms with Crippen LogP contribution in [0.25, 0.3) is 11.0 Å². The minimum atomic E-state index is -0.591. The lowest BCUT2D eigenvalue weighted by atomic mass is 10.2. The Morgan fingerprint density at radius 1 is 0.625 bits per heavy atom. The molecule has 2 atom stereocenters. The maximum Gasteiger partial charge on any atom is 0.329 e. The number of aromatic nitrogens is 2. The predicted octanol–water partition coefficient (Wildman–Crippen LogP) is 2.28. The second kappa shape index (κ2) is 11.5. The van der Waals surface area contributed by atoms with Crippen molar-refractivity contribution in [3.63, 3.8) is 0 Å². The van der Waals surface area contributed by atoms with Crippen LogP contribution in [0.2, 0.25) is 0 Å². The van der Waals surface area contributed by atoms with Gasteiger partial charge in [0.2, 0.25) is 0 Å². The molecule has 7 nitrogen and oxygen atoms in total. The first-order valence-corrected chi connectivity index (χ1v) is 12.6. The molecule has 2 saturated heterocycles. The molecule has 0 aliphatic carbocycles. The Kier molecular flexibility index (Phi) is 8.41. The summed E-state index contributed by atoms with van der Waals surface area (Å²) in [5.74, 6) is 0. The van der Waals surface area contributed by atoms with Crippen LogP contribution in [0.1, 0.15) is 51.4 Å². The molecular weight excluding hydrogens is 404 g/mol. The Morgan fingerprint density at radius 3 is 1.38 bits per heavy atom. The van der Waals surface area contributed by atoms with Crippen LogP contribution in [0.3, 0.4) is 0 Å². The van der Waals surface area contributed by atoms with E-state index in [2.05, 4.69) is 9.80 Å². The molecule has 1 aromatic heterocycles. The fourth-order valence-corrected chi connectivity index (χ4v) is 5.40. The van der Waals surface area contributed by atoms with Gasteiger partial charge >= 0.3 is 5.69 Å². The van der Waals surface area contributed by atoms with Crippen LogP contribution in [0, 0.1) is 0 Å². The van der Waals surface area contributed by atoms with Gasteiger partial charge in [-0.05, 0) is 64.0 Å². The van der Waals surface area contributed by atoms with E-state index in [1.165, 1.54) is 51.4 Å². The quantitative estimate of drug-likeness (QED) is 0.654. The third-order valence-electron chi connectivity index (χ3n) is 7.05. The van der Waals surface area contributed by atoms with Gasteiger partial charge in [-0.15, -0.1) is 0 Å². The molecule has 0 amide bonds. The van der Waals surface area contributed by atoms with Crippen molar-refractivity contribution in [3.8, 4) is 0 Å². The molecule has 0 bridgehead atoms. The Labute approximate surface area is 191 Å². The normalized spacial score (nSPS) is 21.3. The summed E-state index contributed by atoms with van der Waals surface area (Å²) < 4.78 is 3.38. The predicted molar refractivity (Wildman–Crippen MR) is 128 cm³/mol. The summed E-state index contributed by atoms with van der Waals surface area (Å²) >= 11 is 0. The topological polar surface area (TPSA) is 73.9 Å². The van der Waals surface area contributed by atoms with Gasteiger partial charge in [0, 0.05) is 13.1 Å². The molecule has 0 radical (unpaired) electrons. The maximum absolute atomic E-state index is 13.3. The molecule has 0 unspecified atom stereocenters. The van der Waals surface area contributed by atoms with E-state index in [4.69, 9.17) is 0 Å². The number of aliphatic hydroxyl groups is 2. The number of aliphatic hydroxyl groups excluding tert-OH is 2. The molecular formula is C25H40N4O3. The summed E-state index contributed by atoms with van der Waals surface area (Å²) in [6.45, 7) is 5.86. The highest BCUT2D eigenvalue weighted by Gasteiger charge is 2.21. The maximum atomic E-state index is 13.3. The number of fused-ring (bicyclic) bond motifs is 1. The Bertz CT molecular complexity index is 822. The molecule has 2 fully saturated rings. The zero-order chi connectivity index (χ0) is 22.3. The number of hydrogen-bond acceptors (Lipinski definition) is 5. The fraction of sp³-hybridized carbons (Fsp3) is 0.720. The summed E-state index contributed by atoms with van der Waals surface area (Å²) in [5.41, 5.74) is 1.51. The van der Waals surface area contributed by atoms with Crippen LogP contribution in [0.15, 0.2) is 29.1 Å². The van der Waals surface area contributed by atoms with Gasteiger partial charge in [-0.1, -0.05) is 37.8 Å². The highest BCUT2D eigenvalue weighted by Crippen LogP contribution is 2.16. The monoisotopic (exact) mass is 444 g/mol. The van der Waals surface area contributed by atoms with Crippen LogP contribution in [-0.4, -0.2) is 80.6 Å². The van der Waals surface area contributed by atoms with Crippen molar-refractivity contribution in [2.45, 2.75) is 76.7 Å². The van der Waals surface area contributed by atoms with Gasteiger partial charge in [-0.2, -0.15) is 0 Å². The molecule has 0 saturated carbocycles. The largest absolute Gasteiger partial charge is 0.390 e. The van der Waals surface area contributed by atoms with Crippen molar-refractivity contribution in [1.82, 2.24) is 18.9 Å². The minimum Gasteiger partial charge on any atom is -0.390 e. The number of β-amino-alcohol motifs (C(OH)–C–C–N with tert-alkyl or cyclic N) is 2. The molecule has 2 aromatic rings. The van der Waals surface area contributed by atoms with E-state index in [1.807, 2.05) is 24.3 Å². The number of nitrogens with zero attached hydrogens (tertiary/aromatic N) is 4. The molecule has 1 aromatic carbocycles. The van der Waals surface area contributed by atoms with Crippen molar-refractivity contribution in [3.05, 3.63) is 34.7 Å². The molecule has 178 valence electrons. The van der Waals surface area contributed by atoms with Gasteiger partial charge in [0.15, 0.2) is 0 Å². The molecule has 2 aliphatic rings. The lowest BCUT2D eigenvalue weighted by Crippen LogP contribution is -2.39. The third-order valence-corrected chi connectivity index (χ3v) is 7.05. The van der Waals surface area contributed by atoms with E-state index in [-0.39, 0.29) is 18.8 Å². The lowest BCUT2D eigenvalue weighted by Gasteiger charge is -2.23. The summed E-state index contributed by atoms with van der Waals surface area (Å²) in [6, 6.07) is 7.73. The molecule has 2 aliphatic heterocycles. The van der Waals surface area contributed by atoms with Gasteiger partial charge in [-0.25, -0.2) is 4.79 Å². The standard InChI is InChI=1S/C25H40N4O3/c30-21(17-26-13-7-1-2-8-14-26)19-28-23-11-5-6-12-24(23)29(25(28)32)20-22(31)18-27-15-9-3-4-10-16-27/h5-6,11-12,21-22,30-31H,1-4,7-10,13-20H2/t21-,22+. The van der Waals surface area contributed by atoms with E-state index in [1.54, 1.807) is 9.13 Å². The number of para-hydroxylation sites is 2. The first-order valence-electron chi connectivity index (χ1n) is 12.6. The van der Waals surface area contributed by atoms with Crippen molar-refractivity contribution in [2.24, 2.45) is 0 Å². The van der Waals surface area contributed by atoms with E-state index in [0.29, 0.717) is 13.1 Å². The smallest absolute Gasteiger partial charge is 0.329 e. The van der Waals surface area contributed by atoms with E-state index in [9.17, 15) is 15.0 Å². The summed E-state index contributed by atoms with van der Waals surface area (Å²) in [4.78, 5) is 18.0. The fourth-order valence-electron chi connectivity index (χ4n) is 5.40. The molecule has 0 spiro atoms. The van der Waals surface area contributed by atoms with E-state index >= 15 is 0 Å². The minimum absolute atomic E-state index is 0.143. The zero-order valence-corrected chi connectivity index (χ0v) is 19.4. The van der Waals surface area contributed by atoms with Crippen molar-refractivity contribution in [2.75, 3.05) is 39.3 Å². The molecule has 32 heavy (non-hydrogen) atoms. The van der Waals surface area contributed by atoms with Gasteiger partial charge in [0.25, 0.3) is 0 Å². The van der Waals surface area contributed by atoms with Crippen LogP contribution in [0.4, 0.5) is 0 Å². The molecule has 7 heteroatoms. The van der Waals surface area contributed by atoms with Gasteiger partial charge < -0.3 is 20.0 Å². The first-order chi connectivity index (χ1) is 15.6. The average molecular weight is 445 g/mol. The van der Waals surface area contributed by atoms with Gasteiger partial charge in [0.05, 0.1) is 36.3 Å². The second-order valence-corrected chi connectivity index (χ2v) is 9.73. The van der Waals surface area contributed by atoms with Gasteiger partial charge in [-0.3, -0.25) is 9.13 Å². The molecule has 3 heterocycles. The molecule has 2 N–H and O–H groups in total. The summed E-state index contributed by atoms with van der Waals surface area (Å²) in [7, 11) is 0.